The Kier molecular flexibility index (Phi) is 7.41. The lowest BCUT2D eigenvalue weighted by Gasteiger charge is -2.38. The first-order valence-corrected chi connectivity index (χ1v) is 14.2. The number of aromatic nitrogens is 4. The third-order valence-electron chi connectivity index (χ3n) is 6.03. The summed E-state index contributed by atoms with van der Waals surface area (Å²) >= 11 is 3.76. The summed E-state index contributed by atoms with van der Waals surface area (Å²) in [5.74, 6) is 0.0895. The highest BCUT2D eigenvalue weighted by atomic mass is 32.2. The maximum Gasteiger partial charge on any atom is 0.236 e. The number of nitrogens with two attached hydrogens (primary N) is 1. The first-order chi connectivity index (χ1) is 18.4. The van der Waals surface area contributed by atoms with Crippen LogP contribution in [-0.2, 0) is 9.59 Å². The lowest BCUT2D eigenvalue weighted by Crippen LogP contribution is -2.38. The number of aryl methyl sites for hydroxylation is 1. The number of hydrogen-bond donors (Lipinski definition) is 2. The van der Waals surface area contributed by atoms with E-state index in [1.807, 2.05) is 31.2 Å². The van der Waals surface area contributed by atoms with Crippen molar-refractivity contribution in [3.63, 3.8) is 0 Å². The van der Waals surface area contributed by atoms with E-state index < -0.39 is 5.92 Å². The standard InChI is InChI=1S/C24H22N8O3S3/c1-12-28-29-22(37-12)27-18(34)11-36-24-31-30-23(38-24)32-16-7-4-8-17(33)20(16)19(15(10-25)21(32)26)13-5-3-6-14(9-13)35-2/h3,5-6,9,19H,4,7-8,11,26H2,1-2H3,(H,27,29,34). The number of allylic oxidation sites excluding steroid dienone is 3. The average molecular weight is 567 g/mol. The third-order valence-corrected chi connectivity index (χ3v) is 8.82. The topological polar surface area (TPSA) is 160 Å². The van der Waals surface area contributed by atoms with Gasteiger partial charge in [-0.2, -0.15) is 5.26 Å². The number of benzene rings is 1. The van der Waals surface area contributed by atoms with E-state index in [-0.39, 0.29) is 28.8 Å². The number of hydrogen-bond acceptors (Lipinski definition) is 13. The molecule has 38 heavy (non-hydrogen) atoms. The van der Waals surface area contributed by atoms with E-state index in [9.17, 15) is 14.9 Å². The minimum atomic E-state index is -0.594. The molecule has 1 aliphatic carbocycles. The number of ether oxygens (including phenoxy) is 1. The summed E-state index contributed by atoms with van der Waals surface area (Å²) in [4.78, 5) is 27.3. The number of anilines is 2. The minimum absolute atomic E-state index is 0.0213. The van der Waals surface area contributed by atoms with E-state index in [0.29, 0.717) is 45.2 Å². The van der Waals surface area contributed by atoms with Crippen LogP contribution in [0.15, 0.2) is 51.3 Å². The van der Waals surface area contributed by atoms with Crippen LogP contribution >= 0.6 is 34.4 Å². The van der Waals surface area contributed by atoms with Crippen molar-refractivity contribution in [3.8, 4) is 11.8 Å². The van der Waals surface area contributed by atoms with Crippen molar-refractivity contribution >= 4 is 56.4 Å². The smallest absolute Gasteiger partial charge is 0.236 e. The summed E-state index contributed by atoms with van der Waals surface area (Å²) in [6, 6.07) is 9.57. The van der Waals surface area contributed by atoms with Gasteiger partial charge in [0.2, 0.25) is 16.2 Å². The van der Waals surface area contributed by atoms with Gasteiger partial charge in [-0.25, -0.2) is 0 Å². The van der Waals surface area contributed by atoms with Gasteiger partial charge in [0, 0.05) is 17.7 Å². The summed E-state index contributed by atoms with van der Waals surface area (Å²) < 4.78 is 5.93. The number of carbonyl (C=O) groups is 2. The maximum absolute atomic E-state index is 13.3. The molecule has 2 aliphatic rings. The molecule has 194 valence electrons. The zero-order valence-electron chi connectivity index (χ0n) is 20.4. The van der Waals surface area contributed by atoms with E-state index >= 15 is 0 Å². The molecule has 0 spiro atoms. The number of methoxy groups -OCH3 is 1. The number of nitrogens with zero attached hydrogens (tertiary/aromatic N) is 6. The molecule has 2 aromatic heterocycles. The Morgan fingerprint density at radius 3 is 2.87 bits per heavy atom. The summed E-state index contributed by atoms with van der Waals surface area (Å²) in [6.45, 7) is 1.81. The van der Waals surface area contributed by atoms with Crippen LogP contribution in [0.2, 0.25) is 0 Å². The van der Waals surface area contributed by atoms with Crippen LogP contribution in [0.1, 0.15) is 35.8 Å². The Hall–Kier alpha value is -3.80. The Bertz CT molecular complexity index is 1520. The number of rotatable bonds is 7. The molecule has 0 bridgehead atoms. The predicted octanol–water partition coefficient (Wildman–Crippen LogP) is 3.74. The molecule has 1 atom stereocenters. The molecule has 1 aliphatic heterocycles. The molecule has 3 heterocycles. The first-order valence-electron chi connectivity index (χ1n) is 11.6. The first kappa shape index (κ1) is 25.8. The average Bonchev–Trinajstić information content (AvgIpc) is 3.55. The van der Waals surface area contributed by atoms with Crippen LogP contribution in [0.4, 0.5) is 10.3 Å². The molecule has 14 heteroatoms. The van der Waals surface area contributed by atoms with E-state index in [2.05, 4.69) is 31.8 Å². The molecule has 11 nitrogen and oxygen atoms in total. The quantitative estimate of drug-likeness (QED) is 0.401. The molecule has 0 saturated heterocycles. The number of nitriles is 1. The normalized spacial score (nSPS) is 17.3. The second-order valence-corrected chi connectivity index (χ2v) is 11.8. The minimum Gasteiger partial charge on any atom is -0.497 e. The van der Waals surface area contributed by atoms with Crippen LogP contribution in [0.5, 0.6) is 5.75 Å². The molecular weight excluding hydrogens is 545 g/mol. The number of thioether (sulfide) groups is 1. The number of carbonyl (C=O) groups excluding carboxylic acids is 2. The van der Waals surface area contributed by atoms with Crippen LogP contribution in [0.3, 0.4) is 0 Å². The van der Waals surface area contributed by atoms with Gasteiger partial charge in [-0.15, -0.1) is 20.4 Å². The largest absolute Gasteiger partial charge is 0.497 e. The van der Waals surface area contributed by atoms with Crippen molar-refractivity contribution in [2.24, 2.45) is 5.73 Å². The summed E-state index contributed by atoms with van der Waals surface area (Å²) in [6.07, 6.45) is 1.67. The molecule has 0 saturated carbocycles. The number of Topliss-reactive ketones (excluding diaryl/α,β-unsaturated/α-hetero) is 1. The molecular formula is C24H22N8O3S3. The fourth-order valence-corrected chi connectivity index (χ4v) is 6.73. The van der Waals surface area contributed by atoms with Gasteiger partial charge in [-0.1, -0.05) is 46.6 Å². The molecule has 1 unspecified atom stereocenters. The second kappa shape index (κ2) is 10.9. The lowest BCUT2D eigenvalue weighted by atomic mass is 9.76. The SMILES string of the molecule is COc1cccc(C2C(C#N)=C(N)N(c3nnc(SCC(=O)Nc4nnc(C)s4)s3)C3=C2C(=O)CCC3)c1. The molecule has 0 fully saturated rings. The number of amides is 1. The third kappa shape index (κ3) is 5.00. The van der Waals surface area contributed by atoms with E-state index in [0.717, 1.165) is 16.3 Å². The Morgan fingerprint density at radius 2 is 2.13 bits per heavy atom. The van der Waals surface area contributed by atoms with Crippen molar-refractivity contribution in [1.82, 2.24) is 20.4 Å². The zero-order chi connectivity index (χ0) is 26.8. The van der Waals surface area contributed by atoms with E-state index in [4.69, 9.17) is 10.5 Å². The maximum atomic E-state index is 13.3. The molecule has 3 N–H and O–H groups in total. The fraction of sp³-hybridized carbons (Fsp3) is 0.292. The highest BCUT2D eigenvalue weighted by molar-refractivity contribution is 8.01. The van der Waals surface area contributed by atoms with Gasteiger partial charge in [0.1, 0.15) is 16.6 Å². The van der Waals surface area contributed by atoms with Crippen LogP contribution in [0.25, 0.3) is 0 Å². The number of nitrogens with one attached hydrogen (secondary N) is 1. The van der Waals surface area contributed by atoms with Crippen LogP contribution in [-0.4, -0.2) is 44.9 Å². The Morgan fingerprint density at radius 1 is 1.29 bits per heavy atom. The van der Waals surface area contributed by atoms with Gasteiger partial charge >= 0.3 is 0 Å². The summed E-state index contributed by atoms with van der Waals surface area (Å²) in [7, 11) is 1.57. The van der Waals surface area contributed by atoms with Gasteiger partial charge in [0.05, 0.1) is 30.4 Å². The van der Waals surface area contributed by atoms with Crippen molar-refractivity contribution < 1.29 is 14.3 Å². The molecule has 1 amide bonds. The van der Waals surface area contributed by atoms with Crippen molar-refractivity contribution in [1.29, 1.82) is 5.26 Å². The van der Waals surface area contributed by atoms with Crippen molar-refractivity contribution in [2.45, 2.75) is 36.4 Å². The van der Waals surface area contributed by atoms with Crippen molar-refractivity contribution in [3.05, 3.63) is 57.5 Å². The highest BCUT2D eigenvalue weighted by Crippen LogP contribution is 2.47. The Balaban J connectivity index is 1.44. The summed E-state index contributed by atoms with van der Waals surface area (Å²) in [5, 5.41) is 30.8. The zero-order valence-corrected chi connectivity index (χ0v) is 22.9. The van der Waals surface area contributed by atoms with Crippen LogP contribution in [0, 0.1) is 18.3 Å². The van der Waals surface area contributed by atoms with Gasteiger partial charge in [-0.05, 0) is 37.5 Å². The van der Waals surface area contributed by atoms with Crippen molar-refractivity contribution in [2.75, 3.05) is 23.1 Å². The Labute approximate surface area is 230 Å². The predicted molar refractivity (Wildman–Crippen MR) is 145 cm³/mol. The van der Waals surface area contributed by atoms with E-state index in [1.54, 1.807) is 12.0 Å². The van der Waals surface area contributed by atoms with Gasteiger partial charge < -0.3 is 10.5 Å². The molecule has 1 aromatic carbocycles. The lowest BCUT2D eigenvalue weighted by molar-refractivity contribution is -0.116. The van der Waals surface area contributed by atoms with Crippen LogP contribution < -0.4 is 20.7 Å². The molecule has 0 radical (unpaired) electrons. The second-order valence-electron chi connectivity index (χ2n) is 8.41. The van der Waals surface area contributed by atoms with E-state index in [1.165, 1.54) is 34.4 Å². The van der Waals surface area contributed by atoms with Gasteiger partial charge in [0.15, 0.2) is 10.1 Å². The highest BCUT2D eigenvalue weighted by Gasteiger charge is 2.41. The molecule has 5 rings (SSSR count). The fourth-order valence-electron chi connectivity index (χ4n) is 4.44. The summed E-state index contributed by atoms with van der Waals surface area (Å²) in [5.41, 5.74) is 8.90. The van der Waals surface area contributed by atoms with Gasteiger partial charge in [-0.3, -0.25) is 19.8 Å². The number of ketones is 1. The monoisotopic (exact) mass is 566 g/mol. The van der Waals surface area contributed by atoms with Gasteiger partial charge in [0.25, 0.3) is 0 Å². The molecule has 3 aromatic rings.